The fourth-order valence-corrected chi connectivity index (χ4v) is 3.03. The van der Waals surface area contributed by atoms with Crippen LogP contribution in [-0.4, -0.2) is 21.5 Å². The molecule has 0 fully saturated rings. The standard InChI is InChI=1S/C17H15ClIN5/c1-2-20-17-23-15(14-5-3-4-8-21-14)10-16(24-17)22-13-7-6-11(19)9-12(13)18/h3-10H,2H2,1H3,(H2,20,22,23,24). The lowest BCUT2D eigenvalue weighted by Crippen LogP contribution is -2.06. The molecule has 0 spiro atoms. The Kier molecular flexibility index (Phi) is 5.47. The number of aromatic nitrogens is 3. The van der Waals surface area contributed by atoms with Gasteiger partial charge in [0.2, 0.25) is 5.95 Å². The molecule has 24 heavy (non-hydrogen) atoms. The summed E-state index contributed by atoms with van der Waals surface area (Å²) in [5.74, 6) is 1.20. The van der Waals surface area contributed by atoms with Crippen molar-refractivity contribution >= 4 is 51.6 Å². The zero-order valence-corrected chi connectivity index (χ0v) is 15.8. The Balaban J connectivity index is 1.99. The smallest absolute Gasteiger partial charge is 0.225 e. The largest absolute Gasteiger partial charge is 0.354 e. The van der Waals surface area contributed by atoms with E-state index in [1.54, 1.807) is 6.20 Å². The molecule has 0 amide bonds. The second kappa shape index (κ2) is 7.76. The van der Waals surface area contributed by atoms with Crippen LogP contribution in [0.3, 0.4) is 0 Å². The molecule has 7 heteroatoms. The van der Waals surface area contributed by atoms with Gasteiger partial charge >= 0.3 is 0 Å². The van der Waals surface area contributed by atoms with Crippen molar-refractivity contribution in [2.45, 2.75) is 6.92 Å². The Hall–Kier alpha value is -1.93. The molecule has 5 nitrogen and oxygen atoms in total. The number of halogens is 2. The van der Waals surface area contributed by atoms with E-state index in [0.717, 1.165) is 27.2 Å². The van der Waals surface area contributed by atoms with Crippen LogP contribution in [0.2, 0.25) is 5.02 Å². The van der Waals surface area contributed by atoms with Crippen molar-refractivity contribution in [1.82, 2.24) is 15.0 Å². The van der Waals surface area contributed by atoms with Gasteiger partial charge in [-0.05, 0) is 59.8 Å². The molecular weight excluding hydrogens is 437 g/mol. The van der Waals surface area contributed by atoms with Crippen molar-refractivity contribution in [3.8, 4) is 11.4 Å². The van der Waals surface area contributed by atoms with E-state index in [-0.39, 0.29) is 0 Å². The highest BCUT2D eigenvalue weighted by atomic mass is 127. The molecule has 0 radical (unpaired) electrons. The van der Waals surface area contributed by atoms with Crippen molar-refractivity contribution < 1.29 is 0 Å². The van der Waals surface area contributed by atoms with Gasteiger partial charge in [-0.25, -0.2) is 4.98 Å². The van der Waals surface area contributed by atoms with Gasteiger partial charge in [-0.3, -0.25) is 4.98 Å². The van der Waals surface area contributed by atoms with Crippen molar-refractivity contribution in [3.63, 3.8) is 0 Å². The minimum atomic E-state index is 0.546. The highest BCUT2D eigenvalue weighted by molar-refractivity contribution is 14.1. The first-order chi connectivity index (χ1) is 11.7. The Morgan fingerprint density at radius 3 is 2.67 bits per heavy atom. The molecule has 0 saturated heterocycles. The summed E-state index contributed by atoms with van der Waals surface area (Å²) >= 11 is 8.52. The fourth-order valence-electron chi connectivity index (χ4n) is 2.12. The number of nitrogens with one attached hydrogen (secondary N) is 2. The first-order valence-corrected chi connectivity index (χ1v) is 8.88. The maximum atomic E-state index is 6.30. The van der Waals surface area contributed by atoms with Crippen molar-refractivity contribution in [1.29, 1.82) is 0 Å². The molecule has 3 aromatic rings. The third-order valence-electron chi connectivity index (χ3n) is 3.18. The summed E-state index contributed by atoms with van der Waals surface area (Å²) in [4.78, 5) is 13.4. The normalized spacial score (nSPS) is 10.5. The zero-order chi connectivity index (χ0) is 16.9. The van der Waals surface area contributed by atoms with E-state index in [9.17, 15) is 0 Å². The van der Waals surface area contributed by atoms with E-state index in [4.69, 9.17) is 11.6 Å². The second-order valence-corrected chi connectivity index (χ2v) is 6.61. The topological polar surface area (TPSA) is 62.7 Å². The van der Waals surface area contributed by atoms with Gasteiger partial charge in [0.1, 0.15) is 5.82 Å². The molecule has 2 heterocycles. The molecule has 0 aliphatic heterocycles. The maximum absolute atomic E-state index is 6.30. The van der Waals surface area contributed by atoms with E-state index < -0.39 is 0 Å². The van der Waals surface area contributed by atoms with E-state index in [1.165, 1.54) is 0 Å². The van der Waals surface area contributed by atoms with Crippen molar-refractivity contribution in [2.24, 2.45) is 0 Å². The van der Waals surface area contributed by atoms with Gasteiger partial charge in [0.05, 0.1) is 22.1 Å². The van der Waals surface area contributed by atoms with Crippen LogP contribution in [0.5, 0.6) is 0 Å². The summed E-state index contributed by atoms with van der Waals surface area (Å²) < 4.78 is 1.08. The third-order valence-corrected chi connectivity index (χ3v) is 4.17. The van der Waals surface area contributed by atoms with Crippen LogP contribution < -0.4 is 10.6 Å². The van der Waals surface area contributed by atoms with Gasteiger partial charge in [-0.15, -0.1) is 0 Å². The predicted molar refractivity (Wildman–Crippen MR) is 107 cm³/mol. The van der Waals surface area contributed by atoms with Gasteiger partial charge in [-0.1, -0.05) is 17.7 Å². The van der Waals surface area contributed by atoms with Crippen LogP contribution in [0.4, 0.5) is 17.5 Å². The minimum Gasteiger partial charge on any atom is -0.354 e. The number of anilines is 3. The molecule has 122 valence electrons. The molecule has 0 atom stereocenters. The fraction of sp³-hybridized carbons (Fsp3) is 0.118. The summed E-state index contributed by atoms with van der Waals surface area (Å²) in [7, 11) is 0. The third kappa shape index (κ3) is 4.12. The van der Waals surface area contributed by atoms with Crippen LogP contribution in [0, 0.1) is 3.57 Å². The average Bonchev–Trinajstić information content (AvgIpc) is 2.58. The number of nitrogens with zero attached hydrogens (tertiary/aromatic N) is 3. The van der Waals surface area contributed by atoms with E-state index in [2.05, 4.69) is 48.2 Å². The van der Waals surface area contributed by atoms with Gasteiger partial charge in [0.25, 0.3) is 0 Å². The molecular formula is C17H15ClIN5. The number of hydrogen-bond acceptors (Lipinski definition) is 5. The van der Waals surface area contributed by atoms with Crippen LogP contribution in [0.15, 0.2) is 48.7 Å². The SMILES string of the molecule is CCNc1nc(Nc2ccc(I)cc2Cl)cc(-c2ccccn2)n1. The monoisotopic (exact) mass is 451 g/mol. The number of benzene rings is 1. The summed E-state index contributed by atoms with van der Waals surface area (Å²) in [6.45, 7) is 2.73. The maximum Gasteiger partial charge on any atom is 0.225 e. The van der Waals surface area contributed by atoms with E-state index in [0.29, 0.717) is 16.8 Å². The summed E-state index contributed by atoms with van der Waals surface area (Å²) in [6, 6.07) is 13.4. The molecule has 0 saturated carbocycles. The Labute approximate surface area is 159 Å². The highest BCUT2D eigenvalue weighted by Crippen LogP contribution is 2.28. The molecule has 3 rings (SSSR count). The van der Waals surface area contributed by atoms with Crippen LogP contribution in [-0.2, 0) is 0 Å². The summed E-state index contributed by atoms with van der Waals surface area (Å²) in [5, 5.41) is 7.04. The van der Waals surface area contributed by atoms with Gasteiger partial charge in [0.15, 0.2) is 0 Å². The molecule has 0 unspecified atom stereocenters. The Morgan fingerprint density at radius 2 is 1.96 bits per heavy atom. The first-order valence-electron chi connectivity index (χ1n) is 7.42. The van der Waals surface area contributed by atoms with Crippen LogP contribution >= 0.6 is 34.2 Å². The molecule has 0 aliphatic rings. The lowest BCUT2D eigenvalue weighted by Gasteiger charge is -2.11. The van der Waals surface area contributed by atoms with Crippen LogP contribution in [0.25, 0.3) is 11.4 Å². The first kappa shape index (κ1) is 16.9. The molecule has 1 aromatic carbocycles. The summed E-state index contributed by atoms with van der Waals surface area (Å²) in [5.41, 5.74) is 2.33. The Bertz CT molecular complexity index is 842. The Morgan fingerprint density at radius 1 is 1.08 bits per heavy atom. The number of rotatable bonds is 5. The predicted octanol–water partition coefficient (Wildman–Crippen LogP) is 4.97. The summed E-state index contributed by atoms with van der Waals surface area (Å²) in [6.07, 6.45) is 1.74. The number of hydrogen-bond donors (Lipinski definition) is 2. The minimum absolute atomic E-state index is 0.546. The zero-order valence-electron chi connectivity index (χ0n) is 12.9. The second-order valence-electron chi connectivity index (χ2n) is 4.96. The van der Waals surface area contributed by atoms with E-state index in [1.807, 2.05) is 49.4 Å². The highest BCUT2D eigenvalue weighted by Gasteiger charge is 2.09. The lowest BCUT2D eigenvalue weighted by atomic mass is 10.2. The number of pyridine rings is 1. The molecule has 2 aromatic heterocycles. The van der Waals surface area contributed by atoms with Crippen molar-refractivity contribution in [2.75, 3.05) is 17.2 Å². The van der Waals surface area contributed by atoms with Gasteiger partial charge in [-0.2, -0.15) is 4.98 Å². The molecule has 0 aliphatic carbocycles. The van der Waals surface area contributed by atoms with Crippen molar-refractivity contribution in [3.05, 3.63) is 57.3 Å². The molecule has 2 N–H and O–H groups in total. The lowest BCUT2D eigenvalue weighted by molar-refractivity contribution is 1.08. The van der Waals surface area contributed by atoms with Gasteiger partial charge in [0, 0.05) is 22.4 Å². The van der Waals surface area contributed by atoms with Gasteiger partial charge < -0.3 is 10.6 Å². The van der Waals surface area contributed by atoms with Crippen LogP contribution in [0.1, 0.15) is 6.92 Å². The molecule has 0 bridgehead atoms. The average molecular weight is 452 g/mol. The van der Waals surface area contributed by atoms with E-state index >= 15 is 0 Å². The quantitative estimate of drug-likeness (QED) is 0.536.